The van der Waals surface area contributed by atoms with Gasteiger partial charge in [-0.3, -0.25) is 4.79 Å². The predicted octanol–water partition coefficient (Wildman–Crippen LogP) is 1.93. The van der Waals surface area contributed by atoms with Gasteiger partial charge in [0.25, 0.3) is 5.56 Å². The van der Waals surface area contributed by atoms with E-state index in [0.29, 0.717) is 6.04 Å². The lowest BCUT2D eigenvalue weighted by Gasteiger charge is -2.13. The Balaban J connectivity index is 2.46. The number of aryl methyl sites for hydroxylation is 2. The molecule has 1 rings (SSSR count). The molecule has 1 unspecified atom stereocenters. The summed E-state index contributed by atoms with van der Waals surface area (Å²) < 4.78 is 1.79. The van der Waals surface area contributed by atoms with Crippen molar-refractivity contribution in [2.45, 2.75) is 45.7 Å². The van der Waals surface area contributed by atoms with Gasteiger partial charge in [-0.1, -0.05) is 6.92 Å². The van der Waals surface area contributed by atoms with Gasteiger partial charge in [-0.15, -0.1) is 0 Å². The first-order valence-electron chi connectivity index (χ1n) is 6.01. The first-order chi connectivity index (χ1) is 7.67. The zero-order valence-corrected chi connectivity index (χ0v) is 10.5. The third kappa shape index (κ3) is 3.81. The molecule has 0 saturated heterocycles. The molecule has 1 aromatic rings. The lowest BCUT2D eigenvalue weighted by molar-refractivity contribution is 0.465. The van der Waals surface area contributed by atoms with E-state index in [9.17, 15) is 4.79 Å². The number of nitrogens with one attached hydrogen (secondary N) is 1. The zero-order chi connectivity index (χ0) is 12.0. The van der Waals surface area contributed by atoms with Gasteiger partial charge in [-0.2, -0.15) is 0 Å². The van der Waals surface area contributed by atoms with Crippen LogP contribution in [0.1, 0.15) is 31.7 Å². The lowest BCUT2D eigenvalue weighted by atomic mass is 10.1. The van der Waals surface area contributed by atoms with Crippen LogP contribution in [-0.2, 0) is 6.54 Å². The molecule has 0 aliphatic rings. The summed E-state index contributed by atoms with van der Waals surface area (Å²) in [7, 11) is 1.99. The molecule has 0 fully saturated rings. The molecule has 0 aliphatic carbocycles. The lowest BCUT2D eigenvalue weighted by Crippen LogP contribution is -2.25. The number of nitrogens with zero attached hydrogens (tertiary/aromatic N) is 1. The third-order valence-electron chi connectivity index (χ3n) is 3.00. The topological polar surface area (TPSA) is 34.0 Å². The summed E-state index contributed by atoms with van der Waals surface area (Å²) in [6, 6.07) is 4.24. The van der Waals surface area contributed by atoms with Crippen molar-refractivity contribution in [3.63, 3.8) is 0 Å². The van der Waals surface area contributed by atoms with Gasteiger partial charge in [0.15, 0.2) is 0 Å². The van der Waals surface area contributed by atoms with Crippen LogP contribution in [0.4, 0.5) is 0 Å². The second-order valence-corrected chi connectivity index (χ2v) is 4.27. The van der Waals surface area contributed by atoms with Gasteiger partial charge in [0.2, 0.25) is 0 Å². The zero-order valence-electron chi connectivity index (χ0n) is 10.5. The van der Waals surface area contributed by atoms with Gasteiger partial charge in [0.1, 0.15) is 0 Å². The Hall–Kier alpha value is -1.09. The Bertz CT molecular complexity index is 366. The molecule has 0 aliphatic heterocycles. The molecule has 0 spiro atoms. The van der Waals surface area contributed by atoms with Gasteiger partial charge in [0.05, 0.1) is 0 Å². The van der Waals surface area contributed by atoms with E-state index in [4.69, 9.17) is 0 Å². The van der Waals surface area contributed by atoms with Gasteiger partial charge >= 0.3 is 0 Å². The molecule has 0 radical (unpaired) electrons. The second kappa shape index (κ2) is 6.48. The van der Waals surface area contributed by atoms with Crippen molar-refractivity contribution in [3.05, 3.63) is 34.2 Å². The standard InChI is InChI=1S/C13H22N2O/c1-4-12(14-3)6-5-8-15-9-7-11(2)10-13(15)16/h7,9-10,12,14H,4-6,8H2,1-3H3. The Morgan fingerprint density at radius 3 is 2.81 bits per heavy atom. The van der Waals surface area contributed by atoms with Crippen molar-refractivity contribution < 1.29 is 0 Å². The van der Waals surface area contributed by atoms with Gasteiger partial charge < -0.3 is 9.88 Å². The number of hydrogen-bond donors (Lipinski definition) is 1. The van der Waals surface area contributed by atoms with Crippen molar-refractivity contribution in [1.29, 1.82) is 0 Å². The summed E-state index contributed by atoms with van der Waals surface area (Å²) in [6.45, 7) is 4.94. The number of pyridine rings is 1. The van der Waals surface area contributed by atoms with Crippen LogP contribution in [0, 0.1) is 6.92 Å². The van der Waals surface area contributed by atoms with Crippen LogP contribution in [-0.4, -0.2) is 17.7 Å². The molecule has 0 bridgehead atoms. The molecule has 3 heteroatoms. The van der Waals surface area contributed by atoms with E-state index in [1.807, 2.05) is 26.2 Å². The minimum atomic E-state index is 0.109. The molecule has 1 atom stereocenters. The normalized spacial score (nSPS) is 12.7. The summed E-state index contributed by atoms with van der Waals surface area (Å²) >= 11 is 0. The van der Waals surface area contributed by atoms with E-state index in [1.54, 1.807) is 10.6 Å². The minimum Gasteiger partial charge on any atom is -0.317 e. The van der Waals surface area contributed by atoms with Crippen LogP contribution in [0.5, 0.6) is 0 Å². The smallest absolute Gasteiger partial charge is 0.250 e. The highest BCUT2D eigenvalue weighted by atomic mass is 16.1. The van der Waals surface area contributed by atoms with Crippen LogP contribution < -0.4 is 10.9 Å². The predicted molar refractivity (Wildman–Crippen MR) is 67.8 cm³/mol. The minimum absolute atomic E-state index is 0.109. The van der Waals surface area contributed by atoms with Crippen LogP contribution in [0.15, 0.2) is 23.1 Å². The Labute approximate surface area is 97.5 Å². The molecule has 3 nitrogen and oxygen atoms in total. The van der Waals surface area contributed by atoms with Crippen molar-refractivity contribution in [2.75, 3.05) is 7.05 Å². The number of hydrogen-bond acceptors (Lipinski definition) is 2. The summed E-state index contributed by atoms with van der Waals surface area (Å²) in [6.07, 6.45) is 5.19. The van der Waals surface area contributed by atoms with Gasteiger partial charge in [-0.05, 0) is 44.9 Å². The molecule has 16 heavy (non-hydrogen) atoms. The number of aromatic nitrogens is 1. The highest BCUT2D eigenvalue weighted by molar-refractivity contribution is 5.07. The molecule has 1 heterocycles. The maximum atomic E-state index is 11.6. The first kappa shape index (κ1) is 13.0. The van der Waals surface area contributed by atoms with Crippen molar-refractivity contribution in [1.82, 2.24) is 9.88 Å². The quantitative estimate of drug-likeness (QED) is 0.798. The second-order valence-electron chi connectivity index (χ2n) is 4.27. The summed E-state index contributed by atoms with van der Waals surface area (Å²) in [5, 5.41) is 3.27. The fourth-order valence-corrected chi connectivity index (χ4v) is 1.85. The van der Waals surface area contributed by atoms with Crippen molar-refractivity contribution in [3.8, 4) is 0 Å². The average Bonchev–Trinajstić information content (AvgIpc) is 2.27. The summed E-state index contributed by atoms with van der Waals surface area (Å²) in [5.41, 5.74) is 1.14. The molecule has 0 aromatic carbocycles. The Morgan fingerprint density at radius 2 is 2.25 bits per heavy atom. The van der Waals surface area contributed by atoms with E-state index < -0.39 is 0 Å². The van der Waals surface area contributed by atoms with Crippen molar-refractivity contribution >= 4 is 0 Å². The highest BCUT2D eigenvalue weighted by Gasteiger charge is 2.02. The molecule has 1 N–H and O–H groups in total. The van der Waals surface area contributed by atoms with Crippen LogP contribution >= 0.6 is 0 Å². The van der Waals surface area contributed by atoms with Gasteiger partial charge in [0, 0.05) is 24.8 Å². The molecule has 0 amide bonds. The fraction of sp³-hybridized carbons (Fsp3) is 0.615. The third-order valence-corrected chi connectivity index (χ3v) is 3.00. The van der Waals surface area contributed by atoms with E-state index in [1.165, 1.54) is 0 Å². The largest absolute Gasteiger partial charge is 0.317 e. The molecule has 0 saturated carbocycles. The maximum absolute atomic E-state index is 11.6. The molecule has 90 valence electrons. The van der Waals surface area contributed by atoms with E-state index in [2.05, 4.69) is 12.2 Å². The van der Waals surface area contributed by atoms with Crippen LogP contribution in [0.25, 0.3) is 0 Å². The Morgan fingerprint density at radius 1 is 1.50 bits per heavy atom. The monoisotopic (exact) mass is 222 g/mol. The van der Waals surface area contributed by atoms with Gasteiger partial charge in [-0.25, -0.2) is 0 Å². The van der Waals surface area contributed by atoms with E-state index in [-0.39, 0.29) is 5.56 Å². The Kier molecular flexibility index (Phi) is 5.26. The van der Waals surface area contributed by atoms with Crippen LogP contribution in [0.2, 0.25) is 0 Å². The molecule has 1 aromatic heterocycles. The van der Waals surface area contributed by atoms with Crippen LogP contribution in [0.3, 0.4) is 0 Å². The fourth-order valence-electron chi connectivity index (χ4n) is 1.85. The first-order valence-corrected chi connectivity index (χ1v) is 6.01. The molecular formula is C13H22N2O. The highest BCUT2D eigenvalue weighted by Crippen LogP contribution is 2.02. The SMILES string of the molecule is CCC(CCCn1ccc(C)cc1=O)NC. The summed E-state index contributed by atoms with van der Waals surface area (Å²) in [5.74, 6) is 0. The molecular weight excluding hydrogens is 200 g/mol. The van der Waals surface area contributed by atoms with Crippen molar-refractivity contribution in [2.24, 2.45) is 0 Å². The summed E-state index contributed by atoms with van der Waals surface area (Å²) in [4.78, 5) is 11.6. The average molecular weight is 222 g/mol. The number of rotatable bonds is 6. The van der Waals surface area contributed by atoms with E-state index in [0.717, 1.165) is 31.4 Å². The van der Waals surface area contributed by atoms with E-state index >= 15 is 0 Å². The maximum Gasteiger partial charge on any atom is 0.250 e.